The van der Waals surface area contributed by atoms with Gasteiger partial charge in [-0.15, -0.1) is 0 Å². The SMILES string of the molecule is O=C(O)c1cc(OCOCC2CC2)ccc1Br. The van der Waals surface area contributed by atoms with E-state index in [-0.39, 0.29) is 12.4 Å². The van der Waals surface area contributed by atoms with Gasteiger partial charge in [0.25, 0.3) is 0 Å². The van der Waals surface area contributed by atoms with E-state index in [0.29, 0.717) is 16.1 Å². The van der Waals surface area contributed by atoms with Crippen LogP contribution in [0.1, 0.15) is 23.2 Å². The average molecular weight is 301 g/mol. The summed E-state index contributed by atoms with van der Waals surface area (Å²) in [7, 11) is 0. The Labute approximate surface area is 108 Å². The molecule has 0 saturated heterocycles. The molecule has 1 aromatic carbocycles. The third-order valence-electron chi connectivity index (χ3n) is 2.53. The molecule has 0 unspecified atom stereocenters. The van der Waals surface area contributed by atoms with Gasteiger partial charge in [0, 0.05) is 4.47 Å². The first-order valence-electron chi connectivity index (χ1n) is 5.40. The summed E-state index contributed by atoms with van der Waals surface area (Å²) in [4.78, 5) is 10.9. The van der Waals surface area contributed by atoms with Crippen molar-refractivity contribution in [2.75, 3.05) is 13.4 Å². The standard InChI is InChI=1S/C12H13BrO4/c13-11-4-3-9(5-10(11)12(14)15)17-7-16-6-8-1-2-8/h3-5,8H,1-2,6-7H2,(H,14,15). The van der Waals surface area contributed by atoms with E-state index in [2.05, 4.69) is 15.9 Å². The van der Waals surface area contributed by atoms with Gasteiger partial charge in [0.1, 0.15) is 5.75 Å². The van der Waals surface area contributed by atoms with Crippen LogP contribution in [0, 0.1) is 5.92 Å². The van der Waals surface area contributed by atoms with Crippen LogP contribution < -0.4 is 4.74 Å². The smallest absolute Gasteiger partial charge is 0.336 e. The molecule has 0 aliphatic heterocycles. The monoisotopic (exact) mass is 300 g/mol. The maximum Gasteiger partial charge on any atom is 0.336 e. The number of ether oxygens (including phenoxy) is 2. The Hall–Kier alpha value is -1.07. The highest BCUT2D eigenvalue weighted by Gasteiger charge is 2.21. The normalized spacial score (nSPS) is 14.6. The zero-order valence-electron chi connectivity index (χ0n) is 9.19. The molecule has 0 bridgehead atoms. The lowest BCUT2D eigenvalue weighted by Gasteiger charge is -2.08. The van der Waals surface area contributed by atoms with Gasteiger partial charge in [-0.3, -0.25) is 0 Å². The second-order valence-corrected chi connectivity index (χ2v) is 4.88. The maximum absolute atomic E-state index is 10.9. The number of halogens is 1. The van der Waals surface area contributed by atoms with Crippen LogP contribution in [0.2, 0.25) is 0 Å². The van der Waals surface area contributed by atoms with E-state index >= 15 is 0 Å². The molecule has 0 amide bonds. The minimum absolute atomic E-state index is 0.164. The fraction of sp³-hybridized carbons (Fsp3) is 0.417. The molecule has 0 atom stereocenters. The lowest BCUT2D eigenvalue weighted by molar-refractivity contribution is 0.00988. The van der Waals surface area contributed by atoms with Crippen molar-refractivity contribution in [3.05, 3.63) is 28.2 Å². The number of hydrogen-bond acceptors (Lipinski definition) is 3. The molecule has 0 radical (unpaired) electrons. The predicted molar refractivity (Wildman–Crippen MR) is 65.3 cm³/mol. The molecule has 4 nitrogen and oxygen atoms in total. The van der Waals surface area contributed by atoms with Crippen molar-refractivity contribution in [1.29, 1.82) is 0 Å². The van der Waals surface area contributed by atoms with Crippen LogP contribution in [0.4, 0.5) is 0 Å². The van der Waals surface area contributed by atoms with E-state index in [1.165, 1.54) is 18.9 Å². The fourth-order valence-corrected chi connectivity index (χ4v) is 1.78. The maximum atomic E-state index is 10.9. The van der Waals surface area contributed by atoms with Gasteiger partial charge in [-0.2, -0.15) is 0 Å². The first-order chi connectivity index (χ1) is 8.16. The molecule has 5 heteroatoms. The number of carbonyl (C=O) groups is 1. The number of aromatic carboxylic acids is 1. The molecule has 1 aromatic rings. The number of hydrogen-bond donors (Lipinski definition) is 1. The van der Waals surface area contributed by atoms with E-state index < -0.39 is 5.97 Å². The van der Waals surface area contributed by atoms with Gasteiger partial charge >= 0.3 is 5.97 Å². The van der Waals surface area contributed by atoms with Gasteiger partial charge in [-0.1, -0.05) is 0 Å². The first kappa shape index (κ1) is 12.4. The van der Waals surface area contributed by atoms with E-state index in [9.17, 15) is 4.79 Å². The highest BCUT2D eigenvalue weighted by Crippen LogP contribution is 2.29. The number of carboxylic acid groups (broad SMARTS) is 1. The van der Waals surface area contributed by atoms with Crippen molar-refractivity contribution in [2.24, 2.45) is 5.92 Å². The molecule has 1 aliphatic carbocycles. The average Bonchev–Trinajstić information content (AvgIpc) is 3.10. The van der Waals surface area contributed by atoms with Gasteiger partial charge in [-0.05, 0) is 52.9 Å². The third kappa shape index (κ3) is 3.71. The topological polar surface area (TPSA) is 55.8 Å². The number of benzene rings is 1. The van der Waals surface area contributed by atoms with Gasteiger partial charge in [-0.25, -0.2) is 4.79 Å². The highest BCUT2D eigenvalue weighted by molar-refractivity contribution is 9.10. The van der Waals surface area contributed by atoms with Crippen molar-refractivity contribution in [1.82, 2.24) is 0 Å². The van der Waals surface area contributed by atoms with E-state index in [0.717, 1.165) is 6.61 Å². The van der Waals surface area contributed by atoms with E-state index in [1.807, 2.05) is 0 Å². The quantitative estimate of drug-likeness (QED) is 0.648. The molecule has 0 spiro atoms. The molecule has 0 aromatic heterocycles. The lowest BCUT2D eigenvalue weighted by atomic mass is 10.2. The summed E-state index contributed by atoms with van der Waals surface area (Å²) in [5.41, 5.74) is 0.185. The Kier molecular flexibility index (Phi) is 4.02. The van der Waals surface area contributed by atoms with E-state index in [1.54, 1.807) is 12.1 Å². The largest absolute Gasteiger partial charge is 0.478 e. The van der Waals surface area contributed by atoms with Crippen molar-refractivity contribution < 1.29 is 19.4 Å². The summed E-state index contributed by atoms with van der Waals surface area (Å²) in [5, 5.41) is 8.93. The summed E-state index contributed by atoms with van der Waals surface area (Å²) >= 11 is 3.17. The molecule has 2 rings (SSSR count). The van der Waals surface area contributed by atoms with Crippen LogP contribution in [0.3, 0.4) is 0 Å². The molecule has 0 heterocycles. The van der Waals surface area contributed by atoms with E-state index in [4.69, 9.17) is 14.6 Å². The second-order valence-electron chi connectivity index (χ2n) is 4.02. The Morgan fingerprint density at radius 3 is 2.88 bits per heavy atom. The first-order valence-corrected chi connectivity index (χ1v) is 6.19. The predicted octanol–water partition coefficient (Wildman–Crippen LogP) is 2.91. The van der Waals surface area contributed by atoms with Crippen LogP contribution in [-0.4, -0.2) is 24.5 Å². The second kappa shape index (κ2) is 5.51. The zero-order valence-corrected chi connectivity index (χ0v) is 10.8. The molecule has 1 aliphatic rings. The van der Waals surface area contributed by atoms with Crippen LogP contribution in [0.15, 0.2) is 22.7 Å². The van der Waals surface area contributed by atoms with Crippen molar-refractivity contribution in [2.45, 2.75) is 12.8 Å². The zero-order chi connectivity index (χ0) is 12.3. The number of rotatable bonds is 6. The summed E-state index contributed by atoms with van der Waals surface area (Å²) in [6.45, 7) is 0.888. The summed E-state index contributed by atoms with van der Waals surface area (Å²) in [6, 6.07) is 4.84. The van der Waals surface area contributed by atoms with Gasteiger partial charge < -0.3 is 14.6 Å². The Morgan fingerprint density at radius 2 is 2.24 bits per heavy atom. The highest BCUT2D eigenvalue weighted by atomic mass is 79.9. The molecular weight excluding hydrogens is 288 g/mol. The molecule has 1 saturated carbocycles. The van der Waals surface area contributed by atoms with Crippen molar-refractivity contribution in [3.63, 3.8) is 0 Å². The van der Waals surface area contributed by atoms with Crippen LogP contribution in [0.25, 0.3) is 0 Å². The van der Waals surface area contributed by atoms with Crippen molar-refractivity contribution in [3.8, 4) is 5.75 Å². The minimum Gasteiger partial charge on any atom is -0.478 e. The van der Waals surface area contributed by atoms with Gasteiger partial charge in [0.2, 0.25) is 0 Å². The molecule has 1 fully saturated rings. The molecular formula is C12H13BrO4. The Bertz CT molecular complexity index is 415. The van der Waals surface area contributed by atoms with Crippen molar-refractivity contribution >= 4 is 21.9 Å². The van der Waals surface area contributed by atoms with Crippen LogP contribution in [0.5, 0.6) is 5.75 Å². The third-order valence-corrected chi connectivity index (χ3v) is 3.22. The van der Waals surface area contributed by atoms with Crippen LogP contribution in [-0.2, 0) is 4.74 Å². The Morgan fingerprint density at radius 1 is 1.47 bits per heavy atom. The van der Waals surface area contributed by atoms with Gasteiger partial charge in [0.05, 0.1) is 12.2 Å². The fourth-order valence-electron chi connectivity index (χ4n) is 1.37. The summed E-state index contributed by atoms with van der Waals surface area (Å²) in [5.74, 6) is 0.209. The number of carboxylic acids is 1. The van der Waals surface area contributed by atoms with Gasteiger partial charge in [0.15, 0.2) is 6.79 Å². The van der Waals surface area contributed by atoms with Crippen LogP contribution >= 0.6 is 15.9 Å². The minimum atomic E-state index is -0.985. The molecule has 1 N–H and O–H groups in total. The summed E-state index contributed by atoms with van der Waals surface area (Å²) in [6.07, 6.45) is 2.48. The lowest BCUT2D eigenvalue weighted by Crippen LogP contribution is -2.06. The summed E-state index contributed by atoms with van der Waals surface area (Å²) < 4.78 is 11.2. The molecule has 17 heavy (non-hydrogen) atoms. The molecule has 92 valence electrons. The Balaban J connectivity index is 1.86.